The van der Waals surface area contributed by atoms with E-state index in [9.17, 15) is 0 Å². The van der Waals surface area contributed by atoms with Crippen LogP contribution in [0.5, 0.6) is 5.75 Å². The van der Waals surface area contributed by atoms with Crippen LogP contribution in [0.3, 0.4) is 0 Å². The predicted octanol–water partition coefficient (Wildman–Crippen LogP) is 4.31. The molecule has 0 atom stereocenters. The van der Waals surface area contributed by atoms with Crippen LogP contribution in [0.2, 0.25) is 0 Å². The van der Waals surface area contributed by atoms with Crippen LogP contribution in [0.25, 0.3) is 0 Å². The molecule has 0 spiro atoms. The molecule has 1 aliphatic heterocycles. The van der Waals surface area contributed by atoms with Gasteiger partial charge in [0, 0.05) is 24.1 Å². The van der Waals surface area contributed by atoms with Crippen molar-refractivity contribution in [3.8, 4) is 5.75 Å². The number of ether oxygens (including phenoxy) is 1. The molecule has 2 nitrogen and oxygen atoms in total. The molecular formula is C17H19BrClNO. The molecule has 0 aromatic heterocycles. The summed E-state index contributed by atoms with van der Waals surface area (Å²) in [6, 6.07) is 16.7. The minimum Gasteiger partial charge on any atom is -0.492 e. The molecule has 0 aliphatic carbocycles. The molecule has 0 N–H and O–H groups in total. The molecule has 0 amide bonds. The molecule has 0 unspecified atom stereocenters. The van der Waals surface area contributed by atoms with Crippen molar-refractivity contribution in [2.45, 2.75) is 13.0 Å². The summed E-state index contributed by atoms with van der Waals surface area (Å²) in [6.07, 6.45) is 1.15. The number of rotatable bonds is 4. The molecule has 0 fully saturated rings. The van der Waals surface area contributed by atoms with Gasteiger partial charge in [-0.25, -0.2) is 0 Å². The Labute approximate surface area is 140 Å². The van der Waals surface area contributed by atoms with E-state index in [0.717, 1.165) is 42.9 Å². The standard InChI is InChI=1S/C17H18BrNO.ClH/c18-16-6-3-7-17(12-16)20-11-10-19-9-8-14-4-1-2-5-15(14)13-19;/h1-7,12H,8-11,13H2;1H. The van der Waals surface area contributed by atoms with Gasteiger partial charge in [0.15, 0.2) is 0 Å². The minimum absolute atomic E-state index is 0. The number of nitrogens with zero attached hydrogens (tertiary/aromatic N) is 1. The predicted molar refractivity (Wildman–Crippen MR) is 92.3 cm³/mol. The van der Waals surface area contributed by atoms with Gasteiger partial charge in [0.2, 0.25) is 0 Å². The summed E-state index contributed by atoms with van der Waals surface area (Å²) in [4.78, 5) is 2.46. The zero-order valence-electron chi connectivity index (χ0n) is 11.8. The summed E-state index contributed by atoms with van der Waals surface area (Å²) in [5.74, 6) is 0.928. The van der Waals surface area contributed by atoms with Gasteiger partial charge in [-0.1, -0.05) is 46.3 Å². The molecule has 0 saturated heterocycles. The van der Waals surface area contributed by atoms with Gasteiger partial charge in [-0.15, -0.1) is 12.4 Å². The quantitative estimate of drug-likeness (QED) is 0.797. The van der Waals surface area contributed by atoms with Gasteiger partial charge < -0.3 is 4.74 Å². The second kappa shape index (κ2) is 7.83. The van der Waals surface area contributed by atoms with Crippen molar-refractivity contribution in [1.82, 2.24) is 4.90 Å². The fraction of sp³-hybridized carbons (Fsp3) is 0.294. The number of fused-ring (bicyclic) bond motifs is 1. The van der Waals surface area contributed by atoms with Gasteiger partial charge in [0.25, 0.3) is 0 Å². The van der Waals surface area contributed by atoms with Crippen LogP contribution in [-0.2, 0) is 13.0 Å². The average molecular weight is 369 g/mol. The van der Waals surface area contributed by atoms with E-state index in [1.807, 2.05) is 24.3 Å². The zero-order chi connectivity index (χ0) is 13.8. The van der Waals surface area contributed by atoms with Crippen molar-refractivity contribution in [1.29, 1.82) is 0 Å². The van der Waals surface area contributed by atoms with Crippen LogP contribution in [0.4, 0.5) is 0 Å². The highest BCUT2D eigenvalue weighted by atomic mass is 79.9. The first-order valence-corrected chi connectivity index (χ1v) is 7.78. The molecule has 0 radical (unpaired) electrons. The van der Waals surface area contributed by atoms with E-state index in [-0.39, 0.29) is 12.4 Å². The molecule has 1 heterocycles. The topological polar surface area (TPSA) is 12.5 Å². The smallest absolute Gasteiger partial charge is 0.120 e. The van der Waals surface area contributed by atoms with Gasteiger partial charge in [0.05, 0.1) is 0 Å². The van der Waals surface area contributed by atoms with Crippen LogP contribution in [0.15, 0.2) is 53.0 Å². The minimum atomic E-state index is 0. The van der Waals surface area contributed by atoms with E-state index in [1.165, 1.54) is 11.1 Å². The Hall–Kier alpha value is -1.03. The molecule has 0 saturated carbocycles. The van der Waals surface area contributed by atoms with E-state index in [2.05, 4.69) is 45.1 Å². The first kappa shape index (κ1) is 16.3. The third-order valence-corrected chi connectivity index (χ3v) is 4.18. The number of benzene rings is 2. The van der Waals surface area contributed by atoms with Crippen molar-refractivity contribution < 1.29 is 4.74 Å². The summed E-state index contributed by atoms with van der Waals surface area (Å²) in [5, 5.41) is 0. The van der Waals surface area contributed by atoms with E-state index in [1.54, 1.807) is 0 Å². The van der Waals surface area contributed by atoms with Crippen molar-refractivity contribution in [2.24, 2.45) is 0 Å². The normalized spacial score (nSPS) is 14.1. The van der Waals surface area contributed by atoms with E-state index < -0.39 is 0 Å². The zero-order valence-corrected chi connectivity index (χ0v) is 14.2. The Morgan fingerprint density at radius 1 is 1.05 bits per heavy atom. The highest BCUT2D eigenvalue weighted by Gasteiger charge is 2.15. The first-order valence-electron chi connectivity index (χ1n) is 6.99. The maximum absolute atomic E-state index is 5.81. The summed E-state index contributed by atoms with van der Waals surface area (Å²) >= 11 is 3.46. The fourth-order valence-corrected chi connectivity index (χ4v) is 2.97. The molecule has 0 bridgehead atoms. The Morgan fingerprint density at radius 3 is 2.67 bits per heavy atom. The molecule has 4 heteroatoms. The second-order valence-electron chi connectivity index (χ2n) is 5.10. The highest BCUT2D eigenvalue weighted by Crippen LogP contribution is 2.19. The maximum atomic E-state index is 5.81. The van der Waals surface area contributed by atoms with E-state index >= 15 is 0 Å². The lowest BCUT2D eigenvalue weighted by molar-refractivity contribution is 0.196. The van der Waals surface area contributed by atoms with Gasteiger partial charge >= 0.3 is 0 Å². The Balaban J connectivity index is 0.00000161. The molecule has 3 rings (SSSR count). The van der Waals surface area contributed by atoms with Crippen LogP contribution >= 0.6 is 28.3 Å². The summed E-state index contributed by atoms with van der Waals surface area (Å²) in [7, 11) is 0. The average Bonchev–Trinajstić information content (AvgIpc) is 2.47. The van der Waals surface area contributed by atoms with Crippen molar-refractivity contribution in [2.75, 3.05) is 19.7 Å². The van der Waals surface area contributed by atoms with Gasteiger partial charge in [-0.05, 0) is 35.7 Å². The fourth-order valence-electron chi connectivity index (χ4n) is 2.59. The van der Waals surface area contributed by atoms with Crippen molar-refractivity contribution in [3.05, 3.63) is 64.1 Å². The van der Waals surface area contributed by atoms with E-state index in [0.29, 0.717) is 0 Å². The van der Waals surface area contributed by atoms with Crippen LogP contribution < -0.4 is 4.74 Å². The van der Waals surface area contributed by atoms with Gasteiger partial charge in [-0.2, -0.15) is 0 Å². The van der Waals surface area contributed by atoms with Crippen LogP contribution in [0.1, 0.15) is 11.1 Å². The number of hydrogen-bond acceptors (Lipinski definition) is 2. The molecule has 2 aromatic carbocycles. The molecule has 112 valence electrons. The second-order valence-corrected chi connectivity index (χ2v) is 6.02. The SMILES string of the molecule is Brc1cccc(OCCN2CCc3ccccc3C2)c1.Cl. The van der Waals surface area contributed by atoms with Crippen LogP contribution in [0, 0.1) is 0 Å². The monoisotopic (exact) mass is 367 g/mol. The number of halogens is 2. The molecular weight excluding hydrogens is 350 g/mol. The number of hydrogen-bond donors (Lipinski definition) is 0. The van der Waals surface area contributed by atoms with Crippen molar-refractivity contribution >= 4 is 28.3 Å². The summed E-state index contributed by atoms with van der Waals surface area (Å²) in [5.41, 5.74) is 2.96. The lowest BCUT2D eigenvalue weighted by Crippen LogP contribution is -2.33. The van der Waals surface area contributed by atoms with Crippen LogP contribution in [-0.4, -0.2) is 24.6 Å². The third kappa shape index (κ3) is 4.47. The summed E-state index contributed by atoms with van der Waals surface area (Å²) < 4.78 is 6.86. The Morgan fingerprint density at radius 2 is 1.86 bits per heavy atom. The maximum Gasteiger partial charge on any atom is 0.120 e. The van der Waals surface area contributed by atoms with Gasteiger partial charge in [0.1, 0.15) is 12.4 Å². The summed E-state index contributed by atoms with van der Waals surface area (Å²) in [6.45, 7) is 3.87. The Bertz CT molecular complexity index is 591. The molecule has 2 aromatic rings. The largest absolute Gasteiger partial charge is 0.492 e. The molecule has 21 heavy (non-hydrogen) atoms. The lowest BCUT2D eigenvalue weighted by atomic mass is 10.0. The first-order chi connectivity index (χ1) is 9.81. The van der Waals surface area contributed by atoms with Gasteiger partial charge in [-0.3, -0.25) is 4.90 Å². The lowest BCUT2D eigenvalue weighted by Gasteiger charge is -2.28. The highest BCUT2D eigenvalue weighted by molar-refractivity contribution is 9.10. The Kier molecular flexibility index (Phi) is 6.09. The molecule has 1 aliphatic rings. The van der Waals surface area contributed by atoms with E-state index in [4.69, 9.17) is 4.74 Å². The third-order valence-electron chi connectivity index (χ3n) is 3.68. The van der Waals surface area contributed by atoms with Crippen molar-refractivity contribution in [3.63, 3.8) is 0 Å².